The number of nitrogens with zero attached hydrogens (tertiary/aromatic N) is 2. The molecule has 1 aromatic carbocycles. The molecule has 9 heteroatoms. The number of hydrogen-bond donors (Lipinski definition) is 0. The van der Waals surface area contributed by atoms with Gasteiger partial charge in [-0.15, -0.1) is 11.8 Å². The van der Waals surface area contributed by atoms with Gasteiger partial charge in [0, 0.05) is 11.0 Å². The summed E-state index contributed by atoms with van der Waals surface area (Å²) in [5.41, 5.74) is 1.50. The van der Waals surface area contributed by atoms with Crippen molar-refractivity contribution in [2.45, 2.75) is 37.8 Å². The van der Waals surface area contributed by atoms with Crippen molar-refractivity contribution in [1.82, 2.24) is 4.57 Å². The molecule has 3 aromatic rings. The Morgan fingerprint density at radius 2 is 2.00 bits per heavy atom. The first-order valence-corrected chi connectivity index (χ1v) is 12.7. The molecule has 1 atom stereocenters. The van der Waals surface area contributed by atoms with Crippen LogP contribution in [0, 0.1) is 0 Å². The molecular formula is C23H21BrN2O4S2. The first kappa shape index (κ1) is 22.8. The highest BCUT2D eigenvalue weighted by Crippen LogP contribution is 2.32. The molecule has 2 aromatic heterocycles. The van der Waals surface area contributed by atoms with Crippen LogP contribution in [-0.4, -0.2) is 22.9 Å². The molecule has 0 aliphatic carbocycles. The van der Waals surface area contributed by atoms with E-state index >= 15 is 0 Å². The second-order valence-electron chi connectivity index (χ2n) is 7.45. The smallest absolute Gasteiger partial charge is 0.338 e. The van der Waals surface area contributed by atoms with Crippen LogP contribution in [0.25, 0.3) is 6.08 Å². The van der Waals surface area contributed by atoms with Crippen molar-refractivity contribution in [3.8, 4) is 0 Å². The molecule has 32 heavy (non-hydrogen) atoms. The molecule has 0 unspecified atom stereocenters. The van der Waals surface area contributed by atoms with E-state index in [0.29, 0.717) is 31.0 Å². The van der Waals surface area contributed by atoms with E-state index in [2.05, 4.69) is 20.9 Å². The lowest BCUT2D eigenvalue weighted by molar-refractivity contribution is -0.143. The van der Waals surface area contributed by atoms with Gasteiger partial charge in [0.1, 0.15) is 5.76 Å². The number of thioether (sulfide) groups is 1. The van der Waals surface area contributed by atoms with E-state index in [1.54, 1.807) is 55.3 Å². The molecule has 0 amide bonds. The highest BCUT2D eigenvalue weighted by molar-refractivity contribution is 9.10. The van der Waals surface area contributed by atoms with Crippen LogP contribution in [0.2, 0.25) is 0 Å². The Kier molecular flexibility index (Phi) is 6.60. The fraction of sp³-hybridized carbons (Fsp3) is 0.261. The van der Waals surface area contributed by atoms with E-state index in [0.717, 1.165) is 10.5 Å². The van der Waals surface area contributed by atoms with Gasteiger partial charge < -0.3 is 9.15 Å². The number of aromatic nitrogens is 1. The van der Waals surface area contributed by atoms with Gasteiger partial charge in [-0.3, -0.25) is 9.36 Å². The molecule has 166 valence electrons. The molecule has 3 heterocycles. The number of allylic oxidation sites excluding steroid dienone is 1. The minimum Gasteiger partial charge on any atom is -0.459 e. The largest absolute Gasteiger partial charge is 0.459 e. The number of esters is 1. The van der Waals surface area contributed by atoms with Gasteiger partial charge in [0.25, 0.3) is 5.56 Å². The number of thiazole rings is 1. The van der Waals surface area contributed by atoms with E-state index < -0.39 is 12.0 Å². The van der Waals surface area contributed by atoms with Crippen molar-refractivity contribution < 1.29 is 13.9 Å². The summed E-state index contributed by atoms with van der Waals surface area (Å²) in [6.45, 7) is 5.38. The maximum Gasteiger partial charge on any atom is 0.338 e. The third kappa shape index (κ3) is 4.42. The summed E-state index contributed by atoms with van der Waals surface area (Å²) < 4.78 is 13.7. The van der Waals surface area contributed by atoms with Crippen LogP contribution in [0.15, 0.2) is 71.4 Å². The maximum atomic E-state index is 13.5. The van der Waals surface area contributed by atoms with E-state index in [-0.39, 0.29) is 11.7 Å². The molecule has 0 spiro atoms. The van der Waals surface area contributed by atoms with Crippen LogP contribution in [0.3, 0.4) is 0 Å². The summed E-state index contributed by atoms with van der Waals surface area (Å²) in [6.07, 6.45) is 3.40. The van der Waals surface area contributed by atoms with Gasteiger partial charge in [0.15, 0.2) is 9.47 Å². The Labute approximate surface area is 201 Å². The zero-order valence-corrected chi connectivity index (χ0v) is 21.1. The van der Waals surface area contributed by atoms with Crippen LogP contribution in [0.4, 0.5) is 0 Å². The van der Waals surface area contributed by atoms with Crippen molar-refractivity contribution in [1.29, 1.82) is 0 Å². The van der Waals surface area contributed by atoms with Crippen molar-refractivity contribution in [3.05, 3.63) is 83.3 Å². The molecule has 0 bridgehead atoms. The molecule has 0 saturated heterocycles. The second-order valence-corrected chi connectivity index (χ2v) is 10.1. The number of furan rings is 1. The third-order valence-corrected chi connectivity index (χ3v) is 7.04. The summed E-state index contributed by atoms with van der Waals surface area (Å²) in [5.74, 6) is 0.0857. The average molecular weight is 533 g/mol. The first-order chi connectivity index (χ1) is 15.3. The zero-order chi connectivity index (χ0) is 23.0. The summed E-state index contributed by atoms with van der Waals surface area (Å²) >= 11 is 6.17. The molecule has 1 aliphatic rings. The predicted molar refractivity (Wildman–Crippen MR) is 130 cm³/mol. The Morgan fingerprint density at radius 3 is 2.59 bits per heavy atom. The van der Waals surface area contributed by atoms with E-state index in [9.17, 15) is 9.59 Å². The highest BCUT2D eigenvalue weighted by atomic mass is 79.9. The molecule has 6 nitrogen and oxygen atoms in total. The van der Waals surface area contributed by atoms with Crippen molar-refractivity contribution in [2.75, 3.05) is 6.26 Å². The van der Waals surface area contributed by atoms with E-state index in [1.165, 1.54) is 11.3 Å². The van der Waals surface area contributed by atoms with Gasteiger partial charge in [-0.25, -0.2) is 9.79 Å². The summed E-state index contributed by atoms with van der Waals surface area (Å²) in [7, 11) is 0. The number of benzene rings is 1. The van der Waals surface area contributed by atoms with Crippen molar-refractivity contribution in [3.63, 3.8) is 0 Å². The summed E-state index contributed by atoms with van der Waals surface area (Å²) in [6, 6.07) is 10.8. The Bertz CT molecular complexity index is 1380. The maximum absolute atomic E-state index is 13.5. The quantitative estimate of drug-likeness (QED) is 0.362. The number of fused-ring (bicyclic) bond motifs is 1. The van der Waals surface area contributed by atoms with Gasteiger partial charge in [-0.05, 0) is 72.8 Å². The topological polar surface area (TPSA) is 73.8 Å². The molecule has 1 aliphatic heterocycles. The number of hydrogen-bond acceptors (Lipinski definition) is 7. The normalized spacial score (nSPS) is 16.3. The molecule has 0 radical (unpaired) electrons. The fourth-order valence-corrected chi connectivity index (χ4v) is 5.25. The van der Waals surface area contributed by atoms with Crippen LogP contribution in [0.5, 0.6) is 0 Å². The lowest BCUT2D eigenvalue weighted by atomic mass is 9.96. The molecule has 0 N–H and O–H groups in total. The highest BCUT2D eigenvalue weighted by Gasteiger charge is 2.33. The van der Waals surface area contributed by atoms with Crippen LogP contribution in [-0.2, 0) is 9.53 Å². The van der Waals surface area contributed by atoms with E-state index in [1.807, 2.05) is 30.5 Å². The molecule has 4 rings (SSSR count). The number of rotatable bonds is 5. The number of carbonyl (C=O) groups excluding carboxylic acids is 1. The Hall–Kier alpha value is -2.36. The molecule has 0 fully saturated rings. The Balaban J connectivity index is 1.93. The lowest BCUT2D eigenvalue weighted by Crippen LogP contribution is -2.40. The Morgan fingerprint density at radius 1 is 1.28 bits per heavy atom. The van der Waals surface area contributed by atoms with Crippen molar-refractivity contribution >= 4 is 51.1 Å². The average Bonchev–Trinajstić information content (AvgIpc) is 3.29. The molecule has 0 saturated carbocycles. The zero-order valence-electron chi connectivity index (χ0n) is 17.9. The number of carbonyl (C=O) groups is 1. The third-order valence-electron chi connectivity index (χ3n) is 4.88. The standard InChI is InChI=1S/C23H21BrN2O4S2/c1-12(2)29-22(28)19-13(3)25-23-26(20(19)14-5-8-16(31-4)9-6-14)21(27)17(32-23)11-15-7-10-18(24)30-15/h5-12,20H,1-4H3/b17-11-/t20-/m1/s1. The van der Waals surface area contributed by atoms with Crippen LogP contribution < -0.4 is 14.9 Å². The minimum absolute atomic E-state index is 0.234. The minimum atomic E-state index is -0.626. The van der Waals surface area contributed by atoms with Crippen LogP contribution >= 0.6 is 39.0 Å². The SMILES string of the molecule is CSc1ccc([C@@H]2C(C(=O)OC(C)C)=C(C)N=c3s/c(=C\c4ccc(Br)o4)c(=O)n32)cc1. The summed E-state index contributed by atoms with van der Waals surface area (Å²) in [4.78, 5) is 32.8. The van der Waals surface area contributed by atoms with Gasteiger partial charge >= 0.3 is 5.97 Å². The number of ether oxygens (including phenoxy) is 1. The fourth-order valence-electron chi connectivity index (χ4n) is 3.50. The van der Waals surface area contributed by atoms with Gasteiger partial charge in [-0.1, -0.05) is 23.5 Å². The second kappa shape index (κ2) is 9.25. The van der Waals surface area contributed by atoms with E-state index in [4.69, 9.17) is 9.15 Å². The van der Waals surface area contributed by atoms with Gasteiger partial charge in [-0.2, -0.15) is 0 Å². The molecular weight excluding hydrogens is 512 g/mol. The number of halogens is 1. The first-order valence-electron chi connectivity index (χ1n) is 9.91. The van der Waals surface area contributed by atoms with Gasteiger partial charge in [0.05, 0.1) is 27.9 Å². The monoisotopic (exact) mass is 532 g/mol. The van der Waals surface area contributed by atoms with Crippen molar-refractivity contribution in [2.24, 2.45) is 4.99 Å². The lowest BCUT2D eigenvalue weighted by Gasteiger charge is -2.25. The summed E-state index contributed by atoms with van der Waals surface area (Å²) in [5, 5.41) is 0. The van der Waals surface area contributed by atoms with Crippen LogP contribution in [0.1, 0.15) is 38.1 Å². The predicted octanol–water partition coefficient (Wildman–Crippen LogP) is 4.26. The van der Waals surface area contributed by atoms with Gasteiger partial charge in [0.2, 0.25) is 0 Å².